The van der Waals surface area contributed by atoms with E-state index in [2.05, 4.69) is 20.9 Å². The third-order valence-electron chi connectivity index (χ3n) is 4.04. The first-order valence-corrected chi connectivity index (χ1v) is 6.72. The Morgan fingerprint density at radius 3 is 2.83 bits per heavy atom. The second-order valence-corrected chi connectivity index (χ2v) is 5.52. The Balaban J connectivity index is 1.84. The number of para-hydroxylation sites is 1. The van der Waals surface area contributed by atoms with Gasteiger partial charge >= 0.3 is 0 Å². The van der Waals surface area contributed by atoms with E-state index in [1.807, 2.05) is 6.07 Å². The van der Waals surface area contributed by atoms with Crippen molar-refractivity contribution in [2.45, 2.75) is 25.3 Å². The lowest BCUT2D eigenvalue weighted by Gasteiger charge is -2.28. The molecule has 2 fully saturated rings. The van der Waals surface area contributed by atoms with Crippen LogP contribution in [0, 0.1) is 5.92 Å². The number of imidazole rings is 1. The molecule has 1 saturated heterocycles. The van der Waals surface area contributed by atoms with E-state index in [0.717, 1.165) is 30.7 Å². The number of hydrogen-bond acceptors (Lipinski definition) is 3. The molecule has 94 valence electrons. The molecule has 4 nitrogen and oxygen atoms in total. The number of phenolic OH excluding ortho intramolecular Hbond substituents is 1. The normalized spacial score (nSPS) is 20.2. The number of phenols is 1. The van der Waals surface area contributed by atoms with Crippen LogP contribution in [0.1, 0.15) is 24.6 Å². The zero-order valence-electron chi connectivity index (χ0n) is 10.3. The summed E-state index contributed by atoms with van der Waals surface area (Å²) in [7, 11) is 0. The van der Waals surface area contributed by atoms with E-state index in [0.29, 0.717) is 17.6 Å². The standard InChI is InChI=1S/C14H17N3O/c18-12-3-1-2-11-13(12)16-14(10-4-5-10)17(11)8-9-6-15-7-9/h1-3,9-10,15,18H,4-8H2. The van der Waals surface area contributed by atoms with Crippen molar-refractivity contribution in [1.29, 1.82) is 0 Å². The minimum absolute atomic E-state index is 0.305. The SMILES string of the molecule is Oc1cccc2c1nc(C1CC1)n2CC1CNC1. The molecular formula is C14H17N3O. The van der Waals surface area contributed by atoms with Crippen molar-refractivity contribution in [2.75, 3.05) is 13.1 Å². The highest BCUT2D eigenvalue weighted by molar-refractivity contribution is 5.82. The second kappa shape index (κ2) is 3.72. The van der Waals surface area contributed by atoms with E-state index in [-0.39, 0.29) is 0 Å². The molecule has 4 rings (SSSR count). The van der Waals surface area contributed by atoms with Gasteiger partial charge < -0.3 is 15.0 Å². The lowest BCUT2D eigenvalue weighted by Crippen LogP contribution is -2.44. The highest BCUT2D eigenvalue weighted by atomic mass is 16.3. The molecule has 1 saturated carbocycles. The molecule has 0 radical (unpaired) electrons. The summed E-state index contributed by atoms with van der Waals surface area (Å²) in [5.41, 5.74) is 1.86. The van der Waals surface area contributed by atoms with Crippen LogP contribution in [0.2, 0.25) is 0 Å². The van der Waals surface area contributed by atoms with E-state index in [1.54, 1.807) is 6.07 Å². The number of benzene rings is 1. The van der Waals surface area contributed by atoms with E-state index in [1.165, 1.54) is 18.7 Å². The fraction of sp³-hybridized carbons (Fsp3) is 0.500. The van der Waals surface area contributed by atoms with Crippen molar-refractivity contribution in [1.82, 2.24) is 14.9 Å². The van der Waals surface area contributed by atoms with Gasteiger partial charge in [0.25, 0.3) is 0 Å². The van der Waals surface area contributed by atoms with Crippen molar-refractivity contribution in [3.63, 3.8) is 0 Å². The molecule has 1 aromatic heterocycles. The van der Waals surface area contributed by atoms with Gasteiger partial charge in [-0.2, -0.15) is 0 Å². The van der Waals surface area contributed by atoms with Crippen molar-refractivity contribution in [3.05, 3.63) is 24.0 Å². The Morgan fingerprint density at radius 1 is 1.33 bits per heavy atom. The van der Waals surface area contributed by atoms with Gasteiger partial charge in [0.1, 0.15) is 17.1 Å². The van der Waals surface area contributed by atoms with Gasteiger partial charge in [0, 0.05) is 31.5 Å². The number of nitrogens with one attached hydrogen (secondary N) is 1. The summed E-state index contributed by atoms with van der Waals surface area (Å²) in [6.45, 7) is 3.23. The van der Waals surface area contributed by atoms with Crippen molar-refractivity contribution in [2.24, 2.45) is 5.92 Å². The summed E-state index contributed by atoms with van der Waals surface area (Å²) < 4.78 is 2.33. The van der Waals surface area contributed by atoms with Crippen LogP contribution in [-0.4, -0.2) is 27.7 Å². The predicted octanol–water partition coefficient (Wildman–Crippen LogP) is 1.84. The fourth-order valence-electron chi connectivity index (χ4n) is 2.73. The molecule has 0 atom stereocenters. The topological polar surface area (TPSA) is 50.1 Å². The van der Waals surface area contributed by atoms with E-state index < -0.39 is 0 Å². The molecule has 0 spiro atoms. The minimum Gasteiger partial charge on any atom is -0.506 e. The summed E-state index contributed by atoms with van der Waals surface area (Å²) >= 11 is 0. The van der Waals surface area contributed by atoms with Gasteiger partial charge in [-0.1, -0.05) is 6.07 Å². The van der Waals surface area contributed by atoms with Crippen LogP contribution in [0.4, 0.5) is 0 Å². The third-order valence-corrected chi connectivity index (χ3v) is 4.04. The molecule has 2 N–H and O–H groups in total. The van der Waals surface area contributed by atoms with Gasteiger partial charge in [-0.05, 0) is 25.0 Å². The maximum atomic E-state index is 9.93. The molecule has 2 aromatic rings. The third kappa shape index (κ3) is 1.52. The lowest BCUT2D eigenvalue weighted by atomic mass is 10.0. The maximum absolute atomic E-state index is 9.93. The average Bonchev–Trinajstić information content (AvgIpc) is 3.07. The summed E-state index contributed by atoms with van der Waals surface area (Å²) in [5, 5.41) is 13.2. The zero-order chi connectivity index (χ0) is 12.1. The Labute approximate surface area is 106 Å². The number of aromatic hydroxyl groups is 1. The Bertz CT molecular complexity index is 596. The first-order valence-electron chi connectivity index (χ1n) is 6.72. The molecule has 0 unspecified atom stereocenters. The highest BCUT2D eigenvalue weighted by Crippen LogP contribution is 2.41. The largest absolute Gasteiger partial charge is 0.506 e. The molecule has 1 aliphatic heterocycles. The Kier molecular flexibility index (Phi) is 2.14. The van der Waals surface area contributed by atoms with Crippen LogP contribution in [0.25, 0.3) is 11.0 Å². The van der Waals surface area contributed by atoms with Crippen molar-refractivity contribution < 1.29 is 5.11 Å². The first kappa shape index (κ1) is 10.4. The van der Waals surface area contributed by atoms with Crippen LogP contribution in [0.5, 0.6) is 5.75 Å². The van der Waals surface area contributed by atoms with Crippen LogP contribution in [0.15, 0.2) is 18.2 Å². The first-order chi connectivity index (χ1) is 8.83. The molecule has 1 aromatic carbocycles. The zero-order valence-corrected chi connectivity index (χ0v) is 10.3. The number of nitrogens with zero attached hydrogens (tertiary/aromatic N) is 2. The molecule has 1 aliphatic carbocycles. The fourth-order valence-corrected chi connectivity index (χ4v) is 2.73. The number of aromatic nitrogens is 2. The van der Waals surface area contributed by atoms with Gasteiger partial charge in [0.05, 0.1) is 5.52 Å². The van der Waals surface area contributed by atoms with Crippen LogP contribution >= 0.6 is 0 Å². The molecule has 2 heterocycles. The van der Waals surface area contributed by atoms with E-state index in [4.69, 9.17) is 0 Å². The summed E-state index contributed by atoms with van der Waals surface area (Å²) in [4.78, 5) is 4.68. The molecule has 0 amide bonds. The average molecular weight is 243 g/mol. The summed E-state index contributed by atoms with van der Waals surface area (Å²) in [6.07, 6.45) is 2.49. The van der Waals surface area contributed by atoms with Crippen LogP contribution in [0.3, 0.4) is 0 Å². The molecule has 4 heteroatoms. The van der Waals surface area contributed by atoms with E-state index >= 15 is 0 Å². The predicted molar refractivity (Wildman–Crippen MR) is 69.7 cm³/mol. The van der Waals surface area contributed by atoms with Crippen molar-refractivity contribution >= 4 is 11.0 Å². The quantitative estimate of drug-likeness (QED) is 0.864. The lowest BCUT2D eigenvalue weighted by molar-refractivity contribution is 0.306. The van der Waals surface area contributed by atoms with E-state index in [9.17, 15) is 5.11 Å². The summed E-state index contributed by atoms with van der Waals surface area (Å²) in [6, 6.07) is 5.70. The number of fused-ring (bicyclic) bond motifs is 1. The van der Waals surface area contributed by atoms with Crippen LogP contribution < -0.4 is 5.32 Å². The Morgan fingerprint density at radius 2 is 2.17 bits per heavy atom. The van der Waals surface area contributed by atoms with Gasteiger partial charge in [-0.15, -0.1) is 0 Å². The van der Waals surface area contributed by atoms with Gasteiger partial charge in [-0.25, -0.2) is 4.98 Å². The molecule has 18 heavy (non-hydrogen) atoms. The van der Waals surface area contributed by atoms with Gasteiger partial charge in [-0.3, -0.25) is 0 Å². The molecule has 0 bridgehead atoms. The van der Waals surface area contributed by atoms with Crippen LogP contribution in [-0.2, 0) is 6.54 Å². The maximum Gasteiger partial charge on any atom is 0.143 e. The highest BCUT2D eigenvalue weighted by Gasteiger charge is 2.31. The van der Waals surface area contributed by atoms with Gasteiger partial charge in [0.15, 0.2) is 0 Å². The number of rotatable bonds is 3. The Hall–Kier alpha value is -1.55. The molecule has 2 aliphatic rings. The summed E-state index contributed by atoms with van der Waals surface area (Å²) in [5.74, 6) is 2.81. The minimum atomic E-state index is 0.305. The smallest absolute Gasteiger partial charge is 0.143 e. The van der Waals surface area contributed by atoms with Crippen molar-refractivity contribution in [3.8, 4) is 5.75 Å². The molecular weight excluding hydrogens is 226 g/mol. The second-order valence-electron chi connectivity index (χ2n) is 5.52. The van der Waals surface area contributed by atoms with Gasteiger partial charge in [0.2, 0.25) is 0 Å². The number of hydrogen-bond donors (Lipinski definition) is 2. The monoisotopic (exact) mass is 243 g/mol.